The molecule has 2 heterocycles. The standard InChI is InChI=1S/C16H16N4O2/c1-11-4-6-12(7-5-11)22-16-14(17)15(19-10-20-16)18-9-13-3-2-8-21-13/h2-8,10H,9,17H2,1H3,(H,18,19,20). The third kappa shape index (κ3) is 3.17. The summed E-state index contributed by atoms with van der Waals surface area (Å²) in [5.74, 6) is 2.29. The molecule has 0 spiro atoms. The molecule has 0 amide bonds. The molecule has 0 saturated heterocycles. The average Bonchev–Trinajstić information content (AvgIpc) is 3.04. The maximum absolute atomic E-state index is 6.06. The fourth-order valence-corrected chi connectivity index (χ4v) is 1.90. The van der Waals surface area contributed by atoms with E-state index < -0.39 is 0 Å². The maximum Gasteiger partial charge on any atom is 0.248 e. The Morgan fingerprint density at radius 2 is 2.00 bits per heavy atom. The van der Waals surface area contributed by atoms with Crippen molar-refractivity contribution in [2.24, 2.45) is 0 Å². The normalized spacial score (nSPS) is 10.4. The molecule has 6 heteroatoms. The first-order valence-electron chi connectivity index (χ1n) is 6.83. The molecule has 0 unspecified atom stereocenters. The third-order valence-corrected chi connectivity index (χ3v) is 3.09. The van der Waals surface area contributed by atoms with E-state index >= 15 is 0 Å². The van der Waals surface area contributed by atoms with Gasteiger partial charge in [-0.05, 0) is 31.2 Å². The molecule has 0 aliphatic carbocycles. The van der Waals surface area contributed by atoms with Crippen molar-refractivity contribution in [2.75, 3.05) is 11.1 Å². The first kappa shape index (κ1) is 13.9. The lowest BCUT2D eigenvalue weighted by molar-refractivity contribution is 0.464. The van der Waals surface area contributed by atoms with Crippen LogP contribution in [0, 0.1) is 6.92 Å². The Bertz CT molecular complexity index is 739. The van der Waals surface area contributed by atoms with Crippen molar-refractivity contribution in [3.05, 3.63) is 60.3 Å². The zero-order valence-electron chi connectivity index (χ0n) is 12.1. The van der Waals surface area contributed by atoms with Crippen LogP contribution in [-0.4, -0.2) is 9.97 Å². The van der Waals surface area contributed by atoms with Gasteiger partial charge in [0.2, 0.25) is 5.88 Å². The minimum absolute atomic E-state index is 0.320. The van der Waals surface area contributed by atoms with Crippen LogP contribution in [0.2, 0.25) is 0 Å². The van der Waals surface area contributed by atoms with E-state index in [9.17, 15) is 0 Å². The molecule has 0 bridgehead atoms. The topological polar surface area (TPSA) is 86.2 Å². The lowest BCUT2D eigenvalue weighted by Crippen LogP contribution is -2.06. The SMILES string of the molecule is Cc1ccc(Oc2ncnc(NCc3ccco3)c2N)cc1. The summed E-state index contributed by atoms with van der Waals surface area (Å²) in [4.78, 5) is 8.21. The fraction of sp³-hybridized carbons (Fsp3) is 0.125. The van der Waals surface area contributed by atoms with Crippen molar-refractivity contribution in [3.8, 4) is 11.6 Å². The van der Waals surface area contributed by atoms with Crippen LogP contribution in [0.4, 0.5) is 11.5 Å². The van der Waals surface area contributed by atoms with Crippen LogP contribution >= 0.6 is 0 Å². The highest BCUT2D eigenvalue weighted by molar-refractivity contribution is 5.66. The van der Waals surface area contributed by atoms with Crippen LogP contribution in [0.5, 0.6) is 11.6 Å². The maximum atomic E-state index is 6.06. The second-order valence-electron chi connectivity index (χ2n) is 4.79. The minimum Gasteiger partial charge on any atom is -0.467 e. The molecule has 0 saturated carbocycles. The zero-order chi connectivity index (χ0) is 15.4. The molecule has 3 N–H and O–H groups in total. The number of hydrogen-bond acceptors (Lipinski definition) is 6. The molecule has 22 heavy (non-hydrogen) atoms. The molecule has 0 fully saturated rings. The lowest BCUT2D eigenvalue weighted by Gasteiger charge is -2.11. The molecule has 0 atom stereocenters. The Labute approximate surface area is 128 Å². The zero-order valence-corrected chi connectivity index (χ0v) is 12.1. The van der Waals surface area contributed by atoms with E-state index in [0.29, 0.717) is 29.7 Å². The van der Waals surface area contributed by atoms with Crippen molar-refractivity contribution < 1.29 is 9.15 Å². The van der Waals surface area contributed by atoms with Gasteiger partial charge in [0.15, 0.2) is 5.82 Å². The highest BCUT2D eigenvalue weighted by Crippen LogP contribution is 2.29. The monoisotopic (exact) mass is 296 g/mol. The Hall–Kier alpha value is -3.02. The van der Waals surface area contributed by atoms with E-state index in [4.69, 9.17) is 14.9 Å². The van der Waals surface area contributed by atoms with Gasteiger partial charge in [0.05, 0.1) is 12.8 Å². The Kier molecular flexibility index (Phi) is 3.91. The van der Waals surface area contributed by atoms with Gasteiger partial charge in [-0.1, -0.05) is 17.7 Å². The Balaban J connectivity index is 1.75. The summed E-state index contributed by atoms with van der Waals surface area (Å²) in [5.41, 5.74) is 7.57. The highest BCUT2D eigenvalue weighted by Gasteiger charge is 2.10. The number of rotatable bonds is 5. The first-order valence-corrected chi connectivity index (χ1v) is 6.83. The van der Waals surface area contributed by atoms with Crippen molar-refractivity contribution in [1.82, 2.24) is 9.97 Å². The molecule has 0 aliphatic rings. The van der Waals surface area contributed by atoms with E-state index in [2.05, 4.69) is 15.3 Å². The smallest absolute Gasteiger partial charge is 0.248 e. The van der Waals surface area contributed by atoms with Gasteiger partial charge in [0.25, 0.3) is 0 Å². The second kappa shape index (κ2) is 6.17. The number of nitrogen functional groups attached to an aromatic ring is 1. The summed E-state index contributed by atoms with van der Waals surface area (Å²) in [6, 6.07) is 11.4. The Morgan fingerprint density at radius 3 is 2.73 bits per heavy atom. The molecule has 1 aromatic carbocycles. The van der Waals surface area contributed by atoms with Crippen molar-refractivity contribution in [3.63, 3.8) is 0 Å². The van der Waals surface area contributed by atoms with Crippen LogP contribution in [-0.2, 0) is 6.54 Å². The number of nitrogens with one attached hydrogen (secondary N) is 1. The number of nitrogens with two attached hydrogens (primary N) is 1. The van der Waals surface area contributed by atoms with E-state index in [1.54, 1.807) is 6.26 Å². The number of aromatic nitrogens is 2. The van der Waals surface area contributed by atoms with Crippen molar-refractivity contribution in [1.29, 1.82) is 0 Å². The van der Waals surface area contributed by atoms with Crippen LogP contribution < -0.4 is 15.8 Å². The minimum atomic E-state index is 0.320. The molecule has 3 rings (SSSR count). The van der Waals surface area contributed by atoms with Crippen LogP contribution in [0.15, 0.2) is 53.4 Å². The van der Waals surface area contributed by atoms with Gasteiger partial charge in [-0.15, -0.1) is 0 Å². The fourth-order valence-electron chi connectivity index (χ4n) is 1.90. The highest BCUT2D eigenvalue weighted by atomic mass is 16.5. The number of ether oxygens (including phenoxy) is 1. The van der Waals surface area contributed by atoms with E-state index in [1.165, 1.54) is 6.33 Å². The summed E-state index contributed by atoms with van der Waals surface area (Å²) < 4.78 is 11.0. The second-order valence-corrected chi connectivity index (χ2v) is 4.79. The lowest BCUT2D eigenvalue weighted by atomic mass is 10.2. The van der Waals surface area contributed by atoms with Crippen LogP contribution in [0.25, 0.3) is 0 Å². The largest absolute Gasteiger partial charge is 0.467 e. The third-order valence-electron chi connectivity index (χ3n) is 3.09. The van der Waals surface area contributed by atoms with Gasteiger partial charge in [-0.2, -0.15) is 4.98 Å². The summed E-state index contributed by atoms with van der Waals surface area (Å²) in [7, 11) is 0. The van der Waals surface area contributed by atoms with Gasteiger partial charge in [-0.3, -0.25) is 0 Å². The number of nitrogens with zero attached hydrogens (tertiary/aromatic N) is 2. The molecule has 112 valence electrons. The van der Waals surface area contributed by atoms with Gasteiger partial charge < -0.3 is 20.2 Å². The van der Waals surface area contributed by atoms with Crippen molar-refractivity contribution >= 4 is 11.5 Å². The van der Waals surface area contributed by atoms with Crippen LogP contribution in [0.1, 0.15) is 11.3 Å². The predicted molar refractivity (Wildman–Crippen MR) is 83.7 cm³/mol. The number of benzene rings is 1. The number of aryl methyl sites for hydroxylation is 1. The number of anilines is 2. The van der Waals surface area contributed by atoms with Crippen molar-refractivity contribution in [2.45, 2.75) is 13.5 Å². The van der Waals surface area contributed by atoms with Gasteiger partial charge in [-0.25, -0.2) is 4.98 Å². The summed E-state index contributed by atoms with van der Waals surface area (Å²) in [6.45, 7) is 2.50. The average molecular weight is 296 g/mol. The molecule has 0 aliphatic heterocycles. The molecular formula is C16H16N4O2. The number of hydrogen-bond donors (Lipinski definition) is 2. The molecular weight excluding hydrogens is 280 g/mol. The first-order chi connectivity index (χ1) is 10.7. The predicted octanol–water partition coefficient (Wildman–Crippen LogP) is 3.36. The van der Waals surface area contributed by atoms with E-state index in [0.717, 1.165) is 11.3 Å². The van der Waals surface area contributed by atoms with Gasteiger partial charge in [0.1, 0.15) is 23.5 Å². The summed E-state index contributed by atoms with van der Waals surface area (Å²) >= 11 is 0. The summed E-state index contributed by atoms with van der Waals surface area (Å²) in [5, 5.41) is 3.10. The van der Waals surface area contributed by atoms with E-state index in [1.807, 2.05) is 43.3 Å². The quantitative estimate of drug-likeness (QED) is 0.750. The van der Waals surface area contributed by atoms with E-state index in [-0.39, 0.29) is 0 Å². The molecule has 3 aromatic rings. The van der Waals surface area contributed by atoms with Gasteiger partial charge in [0, 0.05) is 0 Å². The molecule has 0 radical (unpaired) electrons. The summed E-state index contributed by atoms with van der Waals surface area (Å²) in [6.07, 6.45) is 3.02. The number of furan rings is 1. The Morgan fingerprint density at radius 1 is 1.18 bits per heavy atom. The van der Waals surface area contributed by atoms with Crippen LogP contribution in [0.3, 0.4) is 0 Å². The molecule has 2 aromatic heterocycles. The molecule has 6 nitrogen and oxygen atoms in total. The van der Waals surface area contributed by atoms with Gasteiger partial charge >= 0.3 is 0 Å².